The first kappa shape index (κ1) is 27.6. The second-order valence-corrected chi connectivity index (χ2v) is 10.7. The van der Waals surface area contributed by atoms with E-state index in [-0.39, 0.29) is 11.4 Å². The lowest BCUT2D eigenvalue weighted by Crippen LogP contribution is -2.62. The monoisotopic (exact) mass is 539 g/mol. The van der Waals surface area contributed by atoms with Gasteiger partial charge in [-0.05, 0) is 50.7 Å². The predicted octanol–water partition coefficient (Wildman–Crippen LogP) is 1.42. The molecule has 0 saturated carbocycles. The Bertz CT molecular complexity index is 1230. The van der Waals surface area contributed by atoms with Crippen LogP contribution >= 0.6 is 11.6 Å². The average Bonchev–Trinajstić information content (AvgIpc) is 3.35. The number of hydrogen-bond donors (Lipinski definition) is 4. The Morgan fingerprint density at radius 2 is 1.76 bits per heavy atom. The van der Waals surface area contributed by atoms with E-state index in [2.05, 4.69) is 51.6 Å². The standard InChI is InChI=1S/C27H34ClN7O3/c1-26(2,35-14-12-34(3)13-15-35)16-30-24(37)22-27(25(29)38,32-17-31-22)18-8-10-19(11-9-18)33-23(36)20-6-4-5-7-21(20)28/h4-11,17,22H,12-16H2,1-3H3,(H2,29,38)(H,30,37)(H,31,32)(H,33,36). The van der Waals surface area contributed by atoms with Crippen molar-refractivity contribution in [3.05, 3.63) is 64.7 Å². The number of hydrogen-bond acceptors (Lipinski definition) is 7. The minimum absolute atomic E-state index is 0.274. The zero-order chi connectivity index (χ0) is 27.5. The average molecular weight is 540 g/mol. The molecule has 3 amide bonds. The summed E-state index contributed by atoms with van der Waals surface area (Å²) in [5.74, 6) is -1.50. The van der Waals surface area contributed by atoms with E-state index < -0.39 is 23.4 Å². The number of nitrogens with zero attached hydrogens (tertiary/aromatic N) is 3. The number of carbonyl (C=O) groups is 3. The third-order valence-electron chi connectivity index (χ3n) is 7.33. The summed E-state index contributed by atoms with van der Waals surface area (Å²) >= 11 is 6.12. The lowest BCUT2D eigenvalue weighted by Gasteiger charge is -2.43. The van der Waals surface area contributed by atoms with Gasteiger partial charge in [-0.15, -0.1) is 0 Å². The SMILES string of the molecule is CN1CCN(C(C)(C)CNC(=O)C2N=CNC2(C(N)=O)c2ccc(NC(=O)c3ccccc3Cl)cc2)CC1. The van der Waals surface area contributed by atoms with Gasteiger partial charge < -0.3 is 26.6 Å². The Balaban J connectivity index is 1.47. The van der Waals surface area contributed by atoms with Gasteiger partial charge in [0.05, 0.1) is 16.9 Å². The van der Waals surface area contributed by atoms with E-state index in [9.17, 15) is 14.4 Å². The van der Waals surface area contributed by atoms with Crippen molar-refractivity contribution in [2.75, 3.05) is 45.1 Å². The summed E-state index contributed by atoms with van der Waals surface area (Å²) in [5.41, 5.74) is 5.31. The van der Waals surface area contributed by atoms with Gasteiger partial charge in [0.15, 0.2) is 11.6 Å². The highest BCUT2D eigenvalue weighted by Gasteiger charge is 2.52. The molecule has 0 radical (unpaired) electrons. The van der Waals surface area contributed by atoms with Crippen LogP contribution in [0.2, 0.25) is 5.02 Å². The number of halogens is 1. The van der Waals surface area contributed by atoms with Gasteiger partial charge in [0.2, 0.25) is 5.91 Å². The number of benzene rings is 2. The van der Waals surface area contributed by atoms with Crippen LogP contribution in [-0.2, 0) is 15.1 Å². The third-order valence-corrected chi connectivity index (χ3v) is 7.66. The number of rotatable bonds is 8. The molecule has 10 nitrogen and oxygen atoms in total. The second-order valence-electron chi connectivity index (χ2n) is 10.3. The molecule has 2 aromatic rings. The molecule has 0 aromatic heterocycles. The van der Waals surface area contributed by atoms with Gasteiger partial charge in [-0.1, -0.05) is 35.9 Å². The van der Waals surface area contributed by atoms with E-state index >= 15 is 0 Å². The number of nitrogens with one attached hydrogen (secondary N) is 3. The number of nitrogens with two attached hydrogens (primary N) is 1. The van der Waals surface area contributed by atoms with Gasteiger partial charge in [-0.25, -0.2) is 0 Å². The molecule has 0 bridgehead atoms. The first-order valence-corrected chi connectivity index (χ1v) is 12.9. The summed E-state index contributed by atoms with van der Waals surface area (Å²) in [6.07, 6.45) is 1.34. The lowest BCUT2D eigenvalue weighted by molar-refractivity contribution is -0.132. The Morgan fingerprint density at radius 1 is 1.11 bits per heavy atom. The normalized spacial score (nSPS) is 22.1. The van der Waals surface area contributed by atoms with E-state index in [1.54, 1.807) is 48.5 Å². The largest absolute Gasteiger partial charge is 0.367 e. The lowest BCUT2D eigenvalue weighted by atomic mass is 9.82. The zero-order valence-electron chi connectivity index (χ0n) is 21.8. The van der Waals surface area contributed by atoms with E-state index in [1.165, 1.54) is 6.34 Å². The topological polar surface area (TPSA) is 132 Å². The van der Waals surface area contributed by atoms with Crippen molar-refractivity contribution in [3.8, 4) is 0 Å². The number of carbonyl (C=O) groups excluding carboxylic acids is 3. The number of aliphatic imine (C=N–C) groups is 1. The third kappa shape index (κ3) is 5.52. The van der Waals surface area contributed by atoms with Crippen molar-refractivity contribution in [1.29, 1.82) is 0 Å². The molecule has 1 saturated heterocycles. The van der Waals surface area contributed by atoms with Crippen LogP contribution in [0.4, 0.5) is 5.69 Å². The second kappa shape index (κ2) is 11.1. The van der Waals surface area contributed by atoms with Gasteiger partial charge in [0.1, 0.15) is 0 Å². The highest BCUT2D eigenvalue weighted by molar-refractivity contribution is 6.34. The minimum Gasteiger partial charge on any atom is -0.367 e. The van der Waals surface area contributed by atoms with E-state index in [4.69, 9.17) is 17.3 Å². The molecule has 2 aliphatic rings. The van der Waals surface area contributed by atoms with Crippen molar-refractivity contribution in [3.63, 3.8) is 0 Å². The van der Waals surface area contributed by atoms with Crippen molar-refractivity contribution >= 4 is 41.3 Å². The van der Waals surface area contributed by atoms with Crippen molar-refractivity contribution < 1.29 is 14.4 Å². The van der Waals surface area contributed by atoms with Crippen LogP contribution in [0.25, 0.3) is 0 Å². The molecule has 2 atom stereocenters. The van der Waals surface area contributed by atoms with Crippen LogP contribution in [0.1, 0.15) is 29.8 Å². The molecule has 2 heterocycles. The Hall–Kier alpha value is -3.47. The summed E-state index contributed by atoms with van der Waals surface area (Å²) in [5, 5.41) is 9.04. The number of piperazine rings is 1. The van der Waals surface area contributed by atoms with Crippen molar-refractivity contribution in [1.82, 2.24) is 20.4 Å². The van der Waals surface area contributed by atoms with Crippen molar-refractivity contribution in [2.24, 2.45) is 10.7 Å². The Labute approximate surface area is 227 Å². The van der Waals surface area contributed by atoms with Gasteiger partial charge in [0, 0.05) is 44.0 Å². The fraction of sp³-hybridized carbons (Fsp3) is 0.407. The molecule has 11 heteroatoms. The van der Waals surface area contributed by atoms with Crippen LogP contribution < -0.4 is 21.7 Å². The molecule has 202 valence electrons. The highest BCUT2D eigenvalue weighted by atomic mass is 35.5. The van der Waals surface area contributed by atoms with Gasteiger partial charge in [0.25, 0.3) is 11.8 Å². The van der Waals surface area contributed by atoms with Gasteiger partial charge in [-0.2, -0.15) is 0 Å². The van der Waals surface area contributed by atoms with Crippen LogP contribution in [0.15, 0.2) is 53.5 Å². The quantitative estimate of drug-likeness (QED) is 0.401. The van der Waals surface area contributed by atoms with Crippen LogP contribution in [0, 0.1) is 0 Å². The van der Waals surface area contributed by atoms with Gasteiger partial charge in [-0.3, -0.25) is 24.3 Å². The van der Waals surface area contributed by atoms with E-state index in [0.29, 0.717) is 28.4 Å². The van der Waals surface area contributed by atoms with Crippen LogP contribution in [0.5, 0.6) is 0 Å². The van der Waals surface area contributed by atoms with Gasteiger partial charge >= 0.3 is 0 Å². The molecule has 5 N–H and O–H groups in total. The number of anilines is 1. The summed E-state index contributed by atoms with van der Waals surface area (Å²) in [7, 11) is 2.10. The Kier molecular flexibility index (Phi) is 8.05. The Morgan fingerprint density at radius 3 is 2.39 bits per heavy atom. The first-order chi connectivity index (χ1) is 18.0. The molecule has 2 unspecified atom stereocenters. The predicted molar refractivity (Wildman–Crippen MR) is 148 cm³/mol. The maximum atomic E-state index is 13.4. The number of amides is 3. The number of likely N-dealkylation sites (N-methyl/N-ethyl adjacent to an activating group) is 1. The minimum atomic E-state index is -1.56. The maximum absolute atomic E-state index is 13.4. The molecule has 4 rings (SSSR count). The fourth-order valence-electron chi connectivity index (χ4n) is 4.84. The summed E-state index contributed by atoms with van der Waals surface area (Å²) in [6, 6.07) is 12.2. The molecule has 2 aromatic carbocycles. The van der Waals surface area contributed by atoms with E-state index in [1.807, 2.05) is 0 Å². The molecule has 0 aliphatic carbocycles. The summed E-state index contributed by atoms with van der Waals surface area (Å²) in [6.45, 7) is 8.32. The number of primary amides is 1. The maximum Gasteiger partial charge on any atom is 0.257 e. The molecule has 0 spiro atoms. The summed E-state index contributed by atoms with van der Waals surface area (Å²) < 4.78 is 0. The van der Waals surface area contributed by atoms with Crippen LogP contribution in [0.3, 0.4) is 0 Å². The molecular formula is C27H34ClN7O3. The zero-order valence-corrected chi connectivity index (χ0v) is 22.6. The molecule has 1 fully saturated rings. The highest BCUT2D eigenvalue weighted by Crippen LogP contribution is 2.31. The van der Waals surface area contributed by atoms with E-state index in [0.717, 1.165) is 26.2 Å². The fourth-order valence-corrected chi connectivity index (χ4v) is 5.06. The smallest absolute Gasteiger partial charge is 0.257 e. The van der Waals surface area contributed by atoms with Crippen molar-refractivity contribution in [2.45, 2.75) is 31.0 Å². The van der Waals surface area contributed by atoms with Crippen LogP contribution in [-0.4, -0.2) is 85.2 Å². The molecular weight excluding hydrogens is 506 g/mol. The molecule has 2 aliphatic heterocycles. The molecule has 38 heavy (non-hydrogen) atoms. The first-order valence-electron chi connectivity index (χ1n) is 12.5. The summed E-state index contributed by atoms with van der Waals surface area (Å²) in [4.78, 5) is 47.7.